The Morgan fingerprint density at radius 3 is 2.10 bits per heavy atom. The summed E-state index contributed by atoms with van der Waals surface area (Å²) in [4.78, 5) is 22.4. The molecule has 0 spiro atoms. The fourth-order valence-electron chi connectivity index (χ4n) is 1.79. The highest BCUT2D eigenvalue weighted by Crippen LogP contribution is 2.60. The van der Waals surface area contributed by atoms with E-state index in [1.807, 2.05) is 5.32 Å². The number of ether oxygens (including phenoxy) is 1. The summed E-state index contributed by atoms with van der Waals surface area (Å²) in [6.07, 6.45) is -6.41. The second kappa shape index (κ2) is 5.14. The maximum atomic E-state index is 12.8. The van der Waals surface area contributed by atoms with Gasteiger partial charge in [-0.15, -0.1) is 0 Å². The molecule has 0 heterocycles. The summed E-state index contributed by atoms with van der Waals surface area (Å²) in [6.45, 7) is 4.71. The number of alkyl halides is 3. The van der Waals surface area contributed by atoms with Crippen LogP contribution in [0.25, 0.3) is 0 Å². The molecule has 0 radical (unpaired) electrons. The van der Waals surface area contributed by atoms with Crippen molar-refractivity contribution >= 4 is 12.1 Å². The van der Waals surface area contributed by atoms with Crippen molar-refractivity contribution in [1.29, 1.82) is 0 Å². The monoisotopic (exact) mass is 297 g/mol. The maximum absolute atomic E-state index is 12.8. The number of alkyl carbamates (subject to hydrolysis) is 1. The number of amides is 1. The first-order valence-corrected chi connectivity index (χ1v) is 6.15. The molecular weight excluding hydrogens is 279 g/mol. The molecule has 2 N–H and O–H groups in total. The van der Waals surface area contributed by atoms with E-state index < -0.39 is 41.7 Å². The first-order valence-electron chi connectivity index (χ1n) is 6.15. The van der Waals surface area contributed by atoms with Crippen LogP contribution in [0.5, 0.6) is 0 Å². The number of carbonyl (C=O) groups excluding carboxylic acids is 1. The molecular formula is C12H18F3NO4. The Balaban J connectivity index is 2.68. The number of aliphatic carboxylic acids is 1. The summed E-state index contributed by atoms with van der Waals surface area (Å²) >= 11 is 0. The molecule has 1 rings (SSSR count). The van der Waals surface area contributed by atoms with Gasteiger partial charge in [0.25, 0.3) is 0 Å². The number of nitrogens with one attached hydrogen (secondary N) is 1. The number of carboxylic acids is 1. The first-order chi connectivity index (χ1) is 8.86. The second-order valence-electron chi connectivity index (χ2n) is 6.02. The molecule has 0 aliphatic heterocycles. The zero-order valence-electron chi connectivity index (χ0n) is 11.5. The lowest BCUT2D eigenvalue weighted by Crippen LogP contribution is -2.46. The predicted molar refractivity (Wildman–Crippen MR) is 63.1 cm³/mol. The van der Waals surface area contributed by atoms with E-state index in [0.717, 1.165) is 0 Å². The van der Waals surface area contributed by atoms with E-state index in [9.17, 15) is 22.8 Å². The normalized spacial score (nSPS) is 19.1. The molecule has 1 aliphatic rings. The minimum absolute atomic E-state index is 0.115. The Labute approximate surface area is 114 Å². The highest BCUT2D eigenvalue weighted by Gasteiger charge is 2.64. The van der Waals surface area contributed by atoms with Gasteiger partial charge in [-0.05, 0) is 40.0 Å². The largest absolute Gasteiger partial charge is 0.480 e. The predicted octanol–water partition coefficient (Wildman–Crippen LogP) is 2.70. The molecule has 1 aliphatic carbocycles. The fraction of sp³-hybridized carbons (Fsp3) is 0.833. The van der Waals surface area contributed by atoms with Gasteiger partial charge in [-0.3, -0.25) is 0 Å². The minimum Gasteiger partial charge on any atom is -0.480 e. The highest BCUT2D eigenvalue weighted by atomic mass is 19.4. The van der Waals surface area contributed by atoms with Crippen molar-refractivity contribution in [1.82, 2.24) is 5.32 Å². The average molecular weight is 297 g/mol. The first kappa shape index (κ1) is 16.6. The Morgan fingerprint density at radius 2 is 1.80 bits per heavy atom. The van der Waals surface area contributed by atoms with E-state index in [2.05, 4.69) is 0 Å². The molecule has 5 nitrogen and oxygen atoms in total. The Morgan fingerprint density at radius 1 is 1.30 bits per heavy atom. The van der Waals surface area contributed by atoms with E-state index >= 15 is 0 Å². The lowest BCUT2D eigenvalue weighted by molar-refractivity contribution is -0.191. The fourth-order valence-corrected chi connectivity index (χ4v) is 1.79. The van der Waals surface area contributed by atoms with Gasteiger partial charge in [-0.1, -0.05) is 0 Å². The van der Waals surface area contributed by atoms with Crippen LogP contribution in [0.15, 0.2) is 0 Å². The third-order valence-corrected chi connectivity index (χ3v) is 3.04. The molecule has 1 amide bonds. The van der Waals surface area contributed by atoms with Gasteiger partial charge in [0.15, 0.2) is 0 Å². The molecule has 1 fully saturated rings. The molecule has 116 valence electrons. The van der Waals surface area contributed by atoms with Gasteiger partial charge in [-0.25, -0.2) is 9.59 Å². The molecule has 0 aromatic heterocycles. The standard InChI is InChI=1S/C12H18F3NO4/c1-10(2,3)20-9(19)16-7(8(17)18)6-11(4-5-11)12(13,14)15/h7H,4-6H2,1-3H3,(H,16,19)(H,17,18). The summed E-state index contributed by atoms with van der Waals surface area (Å²) in [6, 6.07) is -1.62. The Hall–Kier alpha value is -1.47. The van der Waals surface area contributed by atoms with Crippen LogP contribution in [-0.4, -0.2) is 35.0 Å². The van der Waals surface area contributed by atoms with Crippen molar-refractivity contribution in [2.75, 3.05) is 0 Å². The molecule has 0 bridgehead atoms. The van der Waals surface area contributed by atoms with Gasteiger partial charge in [0, 0.05) is 0 Å². The van der Waals surface area contributed by atoms with Gasteiger partial charge in [0.1, 0.15) is 11.6 Å². The highest BCUT2D eigenvalue weighted by molar-refractivity contribution is 5.80. The van der Waals surface area contributed by atoms with E-state index in [1.165, 1.54) is 0 Å². The average Bonchev–Trinajstić information content (AvgIpc) is 2.93. The van der Waals surface area contributed by atoms with Crippen molar-refractivity contribution in [2.45, 2.75) is 57.9 Å². The third-order valence-electron chi connectivity index (χ3n) is 3.04. The topological polar surface area (TPSA) is 75.6 Å². The number of rotatable bonds is 4. The van der Waals surface area contributed by atoms with Gasteiger partial charge >= 0.3 is 18.2 Å². The van der Waals surface area contributed by atoms with Crippen LogP contribution in [0.1, 0.15) is 40.0 Å². The van der Waals surface area contributed by atoms with Gasteiger partial charge in [0.05, 0.1) is 5.41 Å². The zero-order chi connectivity index (χ0) is 15.8. The van der Waals surface area contributed by atoms with E-state index in [4.69, 9.17) is 9.84 Å². The third kappa shape index (κ3) is 4.28. The summed E-state index contributed by atoms with van der Waals surface area (Å²) in [7, 11) is 0. The van der Waals surface area contributed by atoms with Gasteiger partial charge in [0.2, 0.25) is 0 Å². The Kier molecular flexibility index (Phi) is 4.26. The van der Waals surface area contributed by atoms with Crippen LogP contribution >= 0.6 is 0 Å². The molecule has 1 atom stereocenters. The van der Waals surface area contributed by atoms with Crippen molar-refractivity contribution in [3.63, 3.8) is 0 Å². The molecule has 8 heteroatoms. The van der Waals surface area contributed by atoms with E-state index in [1.54, 1.807) is 20.8 Å². The summed E-state index contributed by atoms with van der Waals surface area (Å²) in [5.41, 5.74) is -2.85. The minimum atomic E-state index is -4.46. The van der Waals surface area contributed by atoms with Crippen LogP contribution in [-0.2, 0) is 9.53 Å². The smallest absolute Gasteiger partial charge is 0.408 e. The molecule has 0 aromatic rings. The van der Waals surface area contributed by atoms with Gasteiger partial charge in [-0.2, -0.15) is 13.2 Å². The van der Waals surface area contributed by atoms with E-state index in [-0.39, 0.29) is 12.8 Å². The lowest BCUT2D eigenvalue weighted by Gasteiger charge is -2.25. The number of hydrogen-bond acceptors (Lipinski definition) is 3. The Bertz CT molecular complexity index is 396. The van der Waals surface area contributed by atoms with Crippen LogP contribution in [0, 0.1) is 5.41 Å². The van der Waals surface area contributed by atoms with Crippen molar-refractivity contribution in [3.8, 4) is 0 Å². The van der Waals surface area contributed by atoms with Crippen molar-refractivity contribution in [2.24, 2.45) is 5.41 Å². The maximum Gasteiger partial charge on any atom is 0.408 e. The molecule has 0 saturated heterocycles. The zero-order valence-corrected chi connectivity index (χ0v) is 11.5. The van der Waals surface area contributed by atoms with Crippen molar-refractivity contribution < 1.29 is 32.6 Å². The van der Waals surface area contributed by atoms with Gasteiger partial charge < -0.3 is 15.2 Å². The molecule has 20 heavy (non-hydrogen) atoms. The summed E-state index contributed by atoms with van der Waals surface area (Å²) in [5.74, 6) is -1.51. The number of carboxylic acid groups (broad SMARTS) is 1. The van der Waals surface area contributed by atoms with Crippen LogP contribution in [0.2, 0.25) is 0 Å². The van der Waals surface area contributed by atoms with E-state index in [0.29, 0.717) is 0 Å². The molecule has 0 aromatic carbocycles. The number of hydrogen-bond donors (Lipinski definition) is 2. The van der Waals surface area contributed by atoms with Crippen LogP contribution in [0.3, 0.4) is 0 Å². The van der Waals surface area contributed by atoms with Crippen LogP contribution < -0.4 is 5.32 Å². The quantitative estimate of drug-likeness (QED) is 0.836. The second-order valence-corrected chi connectivity index (χ2v) is 6.02. The van der Waals surface area contributed by atoms with Crippen LogP contribution in [0.4, 0.5) is 18.0 Å². The summed E-state index contributed by atoms with van der Waals surface area (Å²) in [5, 5.41) is 10.9. The SMILES string of the molecule is CC(C)(C)OC(=O)NC(CC1(C(F)(F)F)CC1)C(=O)O. The molecule has 1 unspecified atom stereocenters. The number of carbonyl (C=O) groups is 2. The summed E-state index contributed by atoms with van der Waals surface area (Å²) < 4.78 is 43.2. The molecule has 1 saturated carbocycles. The lowest BCUT2D eigenvalue weighted by atomic mass is 9.96. The van der Waals surface area contributed by atoms with Crippen molar-refractivity contribution in [3.05, 3.63) is 0 Å². The number of halogens is 3.